The number of aliphatic hydroxyl groups excluding tert-OH is 1. The maximum atomic E-state index is 13.1. The third-order valence-electron chi connectivity index (χ3n) is 1.99. The third kappa shape index (κ3) is 1.57. The van der Waals surface area contributed by atoms with Gasteiger partial charge in [0.1, 0.15) is 17.9 Å². The number of hydrogen-bond donors (Lipinski definition) is 2. The summed E-state index contributed by atoms with van der Waals surface area (Å²) in [6.07, 6.45) is 1.26. The second-order valence-corrected chi connectivity index (χ2v) is 3.04. The number of rotatable bonds is 3. The van der Waals surface area contributed by atoms with Crippen LogP contribution in [0.15, 0.2) is 22.8 Å². The Hall–Kier alpha value is -0.940. The van der Waals surface area contributed by atoms with Gasteiger partial charge in [0.15, 0.2) is 0 Å². The van der Waals surface area contributed by atoms with Gasteiger partial charge in [0.2, 0.25) is 0 Å². The molecule has 0 radical (unpaired) electrons. The Kier molecular flexibility index (Phi) is 2.40. The molecule has 1 rings (SSSR count). The maximum absolute atomic E-state index is 13.1. The molecule has 0 aliphatic carbocycles. The van der Waals surface area contributed by atoms with Crippen LogP contribution >= 0.6 is 0 Å². The van der Waals surface area contributed by atoms with Crippen LogP contribution in [0.1, 0.15) is 12.7 Å². The highest BCUT2D eigenvalue weighted by Gasteiger charge is 2.50. The van der Waals surface area contributed by atoms with Gasteiger partial charge < -0.3 is 15.3 Å². The lowest BCUT2D eigenvalue weighted by atomic mass is 9.92. The van der Waals surface area contributed by atoms with Crippen molar-refractivity contribution in [1.82, 2.24) is 0 Å². The monoisotopic (exact) mass is 191 g/mol. The van der Waals surface area contributed by atoms with E-state index in [4.69, 9.17) is 15.3 Å². The molecule has 1 heterocycles. The van der Waals surface area contributed by atoms with E-state index < -0.39 is 18.1 Å². The van der Waals surface area contributed by atoms with E-state index >= 15 is 0 Å². The van der Waals surface area contributed by atoms with Crippen LogP contribution < -0.4 is 5.73 Å². The van der Waals surface area contributed by atoms with Crippen molar-refractivity contribution in [3.05, 3.63) is 24.2 Å². The summed E-state index contributed by atoms with van der Waals surface area (Å²) in [5.74, 6) is -3.45. The fourth-order valence-electron chi connectivity index (χ4n) is 0.919. The SMILES string of the molecule is C[C@](N)(c1ccco1)C(F)(F)CO. The van der Waals surface area contributed by atoms with Crippen molar-refractivity contribution in [3.8, 4) is 0 Å². The van der Waals surface area contributed by atoms with Gasteiger partial charge in [0.05, 0.1) is 6.26 Å². The van der Waals surface area contributed by atoms with Crippen molar-refractivity contribution in [2.45, 2.75) is 18.4 Å². The van der Waals surface area contributed by atoms with E-state index in [0.717, 1.165) is 6.92 Å². The summed E-state index contributed by atoms with van der Waals surface area (Å²) in [4.78, 5) is 0. The topological polar surface area (TPSA) is 59.4 Å². The average molecular weight is 191 g/mol. The van der Waals surface area contributed by atoms with Gasteiger partial charge in [-0.25, -0.2) is 8.78 Å². The summed E-state index contributed by atoms with van der Waals surface area (Å²) in [6.45, 7) is -0.192. The van der Waals surface area contributed by atoms with Gasteiger partial charge in [0.25, 0.3) is 5.92 Å². The number of alkyl halides is 2. The van der Waals surface area contributed by atoms with Gasteiger partial charge in [-0.2, -0.15) is 0 Å². The van der Waals surface area contributed by atoms with E-state index in [2.05, 4.69) is 0 Å². The molecule has 1 aromatic heterocycles. The van der Waals surface area contributed by atoms with Crippen LogP contribution in [0.4, 0.5) is 8.78 Å². The number of furan rings is 1. The van der Waals surface area contributed by atoms with Crippen molar-refractivity contribution in [2.24, 2.45) is 5.73 Å². The van der Waals surface area contributed by atoms with E-state index in [9.17, 15) is 8.78 Å². The molecule has 74 valence electrons. The minimum atomic E-state index is -3.40. The summed E-state index contributed by atoms with van der Waals surface area (Å²) >= 11 is 0. The van der Waals surface area contributed by atoms with E-state index in [1.807, 2.05) is 0 Å². The van der Waals surface area contributed by atoms with Crippen LogP contribution in [0.25, 0.3) is 0 Å². The van der Waals surface area contributed by atoms with Crippen LogP contribution in [-0.2, 0) is 5.54 Å². The lowest BCUT2D eigenvalue weighted by Crippen LogP contribution is -2.52. The van der Waals surface area contributed by atoms with Crippen LogP contribution in [0.3, 0.4) is 0 Å². The predicted molar refractivity (Wildman–Crippen MR) is 42.3 cm³/mol. The number of nitrogens with two attached hydrogens (primary N) is 1. The van der Waals surface area contributed by atoms with Gasteiger partial charge in [-0.15, -0.1) is 0 Å². The highest BCUT2D eigenvalue weighted by atomic mass is 19.3. The molecule has 0 aliphatic rings. The number of halogens is 2. The first kappa shape index (κ1) is 10.1. The van der Waals surface area contributed by atoms with Crippen LogP contribution in [-0.4, -0.2) is 17.6 Å². The van der Waals surface area contributed by atoms with Crippen LogP contribution in [0.2, 0.25) is 0 Å². The van der Waals surface area contributed by atoms with Gasteiger partial charge in [-0.3, -0.25) is 0 Å². The van der Waals surface area contributed by atoms with E-state index in [1.54, 1.807) is 0 Å². The van der Waals surface area contributed by atoms with Crippen molar-refractivity contribution >= 4 is 0 Å². The molecule has 0 spiro atoms. The fourth-order valence-corrected chi connectivity index (χ4v) is 0.919. The smallest absolute Gasteiger partial charge is 0.295 e. The molecule has 0 aliphatic heterocycles. The van der Waals surface area contributed by atoms with Crippen LogP contribution in [0.5, 0.6) is 0 Å². The summed E-state index contributed by atoms with van der Waals surface area (Å²) in [5, 5.41) is 8.46. The lowest BCUT2D eigenvalue weighted by Gasteiger charge is -2.30. The Morgan fingerprint density at radius 3 is 2.62 bits per heavy atom. The molecule has 3 N–H and O–H groups in total. The Bertz CT molecular complexity index is 270. The summed E-state index contributed by atoms with van der Waals surface area (Å²) in [5.41, 5.74) is 3.39. The minimum Gasteiger partial charge on any atom is -0.467 e. The summed E-state index contributed by atoms with van der Waals surface area (Å²) < 4.78 is 30.9. The van der Waals surface area contributed by atoms with Crippen molar-refractivity contribution in [2.75, 3.05) is 6.61 Å². The quantitative estimate of drug-likeness (QED) is 0.751. The van der Waals surface area contributed by atoms with Gasteiger partial charge in [-0.1, -0.05) is 0 Å². The molecule has 0 amide bonds. The molecule has 3 nitrogen and oxygen atoms in total. The fraction of sp³-hybridized carbons (Fsp3) is 0.500. The zero-order valence-corrected chi connectivity index (χ0v) is 7.13. The van der Waals surface area contributed by atoms with Gasteiger partial charge in [0, 0.05) is 0 Å². The molecular weight excluding hydrogens is 180 g/mol. The zero-order chi connectivity index (χ0) is 10.1. The van der Waals surface area contributed by atoms with E-state index in [-0.39, 0.29) is 5.76 Å². The molecular formula is C8H11F2NO2. The van der Waals surface area contributed by atoms with Gasteiger partial charge in [-0.05, 0) is 19.1 Å². The number of hydrogen-bond acceptors (Lipinski definition) is 3. The van der Waals surface area contributed by atoms with Crippen molar-refractivity contribution in [3.63, 3.8) is 0 Å². The van der Waals surface area contributed by atoms with Crippen molar-refractivity contribution < 1.29 is 18.3 Å². The lowest BCUT2D eigenvalue weighted by molar-refractivity contribution is -0.114. The predicted octanol–water partition coefficient (Wildman–Crippen LogP) is 1.08. The van der Waals surface area contributed by atoms with E-state index in [1.165, 1.54) is 18.4 Å². The highest BCUT2D eigenvalue weighted by Crippen LogP contribution is 2.34. The molecule has 0 aromatic carbocycles. The highest BCUT2D eigenvalue weighted by molar-refractivity contribution is 5.15. The second-order valence-electron chi connectivity index (χ2n) is 3.04. The zero-order valence-electron chi connectivity index (χ0n) is 7.13. The largest absolute Gasteiger partial charge is 0.467 e. The molecule has 13 heavy (non-hydrogen) atoms. The Labute approximate surface area is 74.2 Å². The molecule has 0 bridgehead atoms. The van der Waals surface area contributed by atoms with Gasteiger partial charge >= 0.3 is 0 Å². The molecule has 0 unspecified atom stereocenters. The first-order chi connectivity index (χ1) is 5.92. The Morgan fingerprint density at radius 2 is 2.23 bits per heavy atom. The number of aliphatic hydroxyl groups is 1. The molecule has 0 fully saturated rings. The first-order valence-corrected chi connectivity index (χ1v) is 3.73. The second kappa shape index (κ2) is 3.08. The first-order valence-electron chi connectivity index (χ1n) is 3.73. The third-order valence-corrected chi connectivity index (χ3v) is 1.99. The summed E-state index contributed by atoms with van der Waals surface area (Å²) in [7, 11) is 0. The molecule has 1 atom stereocenters. The molecule has 1 aromatic rings. The Morgan fingerprint density at radius 1 is 1.62 bits per heavy atom. The average Bonchev–Trinajstić information content (AvgIpc) is 2.56. The normalized spacial score (nSPS) is 17.0. The molecule has 5 heteroatoms. The van der Waals surface area contributed by atoms with Crippen molar-refractivity contribution in [1.29, 1.82) is 0 Å². The standard InChI is InChI=1S/C8H11F2NO2/c1-7(11,8(9,10)5-12)6-3-2-4-13-6/h2-4,12H,5,11H2,1H3/t7-/m0/s1. The maximum Gasteiger partial charge on any atom is 0.295 e. The molecule has 0 saturated heterocycles. The van der Waals surface area contributed by atoms with Crippen LogP contribution in [0, 0.1) is 0 Å². The minimum absolute atomic E-state index is 0.0495. The summed E-state index contributed by atoms with van der Waals surface area (Å²) in [6, 6.07) is 2.82. The molecule has 0 saturated carbocycles. The Balaban J connectivity index is 3.02. The van der Waals surface area contributed by atoms with E-state index in [0.29, 0.717) is 0 Å².